The van der Waals surface area contributed by atoms with Gasteiger partial charge in [-0.2, -0.15) is 0 Å². The van der Waals surface area contributed by atoms with Crippen LogP contribution in [0.4, 0.5) is 4.79 Å². The Balaban J connectivity index is 2.18. The number of rotatable bonds is 8. The molecule has 194 valence electrons. The van der Waals surface area contributed by atoms with Crippen LogP contribution in [0.15, 0.2) is 30.3 Å². The number of hydrogen-bond donors (Lipinski definition) is 3. The van der Waals surface area contributed by atoms with Crippen molar-refractivity contribution in [2.75, 3.05) is 13.1 Å². The van der Waals surface area contributed by atoms with Gasteiger partial charge in [-0.15, -0.1) is 0 Å². The molecule has 1 aliphatic heterocycles. The molecule has 0 aromatic heterocycles. The minimum atomic E-state index is -1.11. The topological polar surface area (TPSA) is 125 Å². The molecule has 1 fully saturated rings. The average molecular weight is 490 g/mol. The van der Waals surface area contributed by atoms with Crippen molar-refractivity contribution in [1.29, 1.82) is 0 Å². The Morgan fingerprint density at radius 2 is 1.63 bits per heavy atom. The number of benzene rings is 1. The summed E-state index contributed by atoms with van der Waals surface area (Å²) < 4.78 is 5.48. The van der Waals surface area contributed by atoms with E-state index in [0.29, 0.717) is 32.4 Å². The molecule has 0 aliphatic carbocycles. The average Bonchev–Trinajstić information content (AvgIpc) is 2.81. The highest BCUT2D eigenvalue weighted by atomic mass is 16.6. The second-order valence-electron chi connectivity index (χ2n) is 10.3. The maximum absolute atomic E-state index is 13.6. The zero-order valence-electron chi connectivity index (χ0n) is 21.6. The maximum Gasteiger partial charge on any atom is 0.410 e. The lowest BCUT2D eigenvalue weighted by Gasteiger charge is -2.41. The number of hydrogen-bond acceptors (Lipinski definition) is 5. The molecule has 3 atom stereocenters. The highest BCUT2D eigenvalue weighted by Crippen LogP contribution is 2.36. The SMILES string of the molecule is CC[C@H](C)[C@H](NC(=O)[C@H](C)NC(=O)C1(c2ccccc2)CCN(C(=O)OC(C)(C)C)CC1)C(=O)O. The Morgan fingerprint density at radius 3 is 2.11 bits per heavy atom. The summed E-state index contributed by atoms with van der Waals surface area (Å²) in [7, 11) is 0. The zero-order valence-corrected chi connectivity index (χ0v) is 21.6. The number of likely N-dealkylation sites (tertiary alicyclic amines) is 1. The van der Waals surface area contributed by atoms with Crippen molar-refractivity contribution in [3.63, 3.8) is 0 Å². The first-order valence-corrected chi connectivity index (χ1v) is 12.2. The molecule has 1 heterocycles. The van der Waals surface area contributed by atoms with Crippen LogP contribution in [0.5, 0.6) is 0 Å². The van der Waals surface area contributed by atoms with E-state index in [9.17, 15) is 24.3 Å². The van der Waals surface area contributed by atoms with E-state index in [1.165, 1.54) is 6.92 Å². The van der Waals surface area contributed by atoms with Gasteiger partial charge in [0.25, 0.3) is 0 Å². The Morgan fingerprint density at radius 1 is 1.06 bits per heavy atom. The summed E-state index contributed by atoms with van der Waals surface area (Å²) in [5.41, 5.74) is -0.747. The molecular formula is C26H39N3O6. The Hall–Kier alpha value is -3.10. The smallest absolute Gasteiger partial charge is 0.410 e. The van der Waals surface area contributed by atoms with E-state index in [4.69, 9.17) is 4.74 Å². The second kappa shape index (κ2) is 11.6. The lowest BCUT2D eigenvalue weighted by Crippen LogP contribution is -2.58. The minimum Gasteiger partial charge on any atom is -0.480 e. The Labute approximate surface area is 207 Å². The number of carbonyl (C=O) groups excluding carboxylic acids is 3. The molecule has 9 heteroatoms. The summed E-state index contributed by atoms with van der Waals surface area (Å²) in [4.78, 5) is 52.1. The molecule has 3 amide bonds. The first-order valence-electron chi connectivity index (χ1n) is 12.2. The van der Waals surface area contributed by atoms with Crippen molar-refractivity contribution in [3.8, 4) is 0 Å². The van der Waals surface area contributed by atoms with Crippen LogP contribution in [0.3, 0.4) is 0 Å². The van der Waals surface area contributed by atoms with Crippen LogP contribution in [-0.4, -0.2) is 64.7 Å². The molecule has 0 bridgehead atoms. The molecule has 0 radical (unpaired) electrons. The summed E-state index contributed by atoms with van der Waals surface area (Å²) in [6, 6.07) is 7.34. The first-order chi connectivity index (χ1) is 16.3. The highest BCUT2D eigenvalue weighted by molar-refractivity contribution is 5.94. The molecule has 35 heavy (non-hydrogen) atoms. The molecule has 9 nitrogen and oxygen atoms in total. The number of amides is 3. The van der Waals surface area contributed by atoms with E-state index in [-0.39, 0.29) is 11.8 Å². The normalized spacial score (nSPS) is 18.1. The summed E-state index contributed by atoms with van der Waals surface area (Å²) in [5, 5.41) is 14.8. The van der Waals surface area contributed by atoms with Crippen LogP contribution in [0.1, 0.15) is 66.4 Å². The lowest BCUT2D eigenvalue weighted by atomic mass is 9.72. The quantitative estimate of drug-likeness (QED) is 0.515. The molecule has 2 rings (SSSR count). The molecular weight excluding hydrogens is 450 g/mol. The van der Waals surface area contributed by atoms with Gasteiger partial charge in [0.15, 0.2) is 0 Å². The van der Waals surface area contributed by atoms with E-state index in [2.05, 4.69) is 10.6 Å². The van der Waals surface area contributed by atoms with E-state index in [1.54, 1.807) is 32.6 Å². The molecule has 0 saturated carbocycles. The van der Waals surface area contributed by atoms with Crippen LogP contribution in [0, 0.1) is 5.92 Å². The predicted octanol–water partition coefficient (Wildman–Crippen LogP) is 3.08. The van der Waals surface area contributed by atoms with Crippen molar-refractivity contribution in [3.05, 3.63) is 35.9 Å². The van der Waals surface area contributed by atoms with Crippen molar-refractivity contribution in [2.24, 2.45) is 5.92 Å². The van der Waals surface area contributed by atoms with E-state index >= 15 is 0 Å². The third-order valence-electron chi connectivity index (χ3n) is 6.55. The number of carbonyl (C=O) groups is 4. The van der Waals surface area contributed by atoms with Gasteiger partial charge in [-0.05, 0) is 52.0 Å². The zero-order chi connectivity index (χ0) is 26.4. The second-order valence-corrected chi connectivity index (χ2v) is 10.3. The highest BCUT2D eigenvalue weighted by Gasteiger charge is 2.45. The van der Waals surface area contributed by atoms with Gasteiger partial charge in [0.1, 0.15) is 17.7 Å². The molecule has 1 aromatic carbocycles. The minimum absolute atomic E-state index is 0.257. The van der Waals surface area contributed by atoms with Crippen LogP contribution < -0.4 is 10.6 Å². The van der Waals surface area contributed by atoms with Gasteiger partial charge in [0.2, 0.25) is 11.8 Å². The molecule has 0 unspecified atom stereocenters. The van der Waals surface area contributed by atoms with E-state index in [0.717, 1.165) is 5.56 Å². The number of ether oxygens (including phenoxy) is 1. The fourth-order valence-electron chi connectivity index (χ4n) is 4.16. The van der Waals surface area contributed by atoms with Gasteiger partial charge in [-0.3, -0.25) is 9.59 Å². The van der Waals surface area contributed by atoms with Crippen LogP contribution in [0.25, 0.3) is 0 Å². The predicted molar refractivity (Wildman–Crippen MR) is 132 cm³/mol. The molecule has 1 aromatic rings. The van der Waals surface area contributed by atoms with Crippen LogP contribution in [-0.2, 0) is 24.5 Å². The number of aliphatic carboxylic acids is 1. The Kier molecular flexibility index (Phi) is 9.29. The van der Waals surface area contributed by atoms with E-state index in [1.807, 2.05) is 37.3 Å². The van der Waals surface area contributed by atoms with Gasteiger partial charge in [-0.25, -0.2) is 9.59 Å². The maximum atomic E-state index is 13.6. The third kappa shape index (κ3) is 7.19. The lowest BCUT2D eigenvalue weighted by molar-refractivity contribution is -0.143. The number of nitrogens with one attached hydrogen (secondary N) is 2. The third-order valence-corrected chi connectivity index (χ3v) is 6.55. The van der Waals surface area contributed by atoms with Gasteiger partial charge in [0, 0.05) is 13.1 Å². The van der Waals surface area contributed by atoms with Crippen molar-refractivity contribution in [1.82, 2.24) is 15.5 Å². The summed E-state index contributed by atoms with van der Waals surface area (Å²) >= 11 is 0. The van der Waals surface area contributed by atoms with Gasteiger partial charge in [-0.1, -0.05) is 50.6 Å². The van der Waals surface area contributed by atoms with Crippen molar-refractivity contribution >= 4 is 23.9 Å². The van der Waals surface area contributed by atoms with Crippen LogP contribution in [0.2, 0.25) is 0 Å². The van der Waals surface area contributed by atoms with Gasteiger partial charge < -0.3 is 25.4 Å². The van der Waals surface area contributed by atoms with E-state index < -0.39 is 41.1 Å². The molecule has 1 aliphatic rings. The Bertz CT molecular complexity index is 903. The van der Waals surface area contributed by atoms with Crippen molar-refractivity contribution in [2.45, 2.75) is 83.9 Å². The number of carboxylic acid groups (broad SMARTS) is 1. The summed E-state index contributed by atoms with van der Waals surface area (Å²) in [6.45, 7) is 11.2. The standard InChI is InChI=1S/C26H39N3O6/c1-7-17(2)20(22(31)32)28-21(30)18(3)27-23(33)26(19-11-9-8-10-12-19)13-15-29(16-14-26)24(34)35-25(4,5)6/h8-12,17-18,20H,7,13-16H2,1-6H3,(H,27,33)(H,28,30)(H,31,32)/t17-,18-,20-/m0/s1. The number of nitrogens with zero attached hydrogens (tertiary/aromatic N) is 1. The first kappa shape index (κ1) is 28.1. The summed E-state index contributed by atoms with van der Waals surface area (Å²) in [5.74, 6) is -2.25. The fraction of sp³-hybridized carbons (Fsp3) is 0.615. The number of carboxylic acids is 1. The fourth-order valence-corrected chi connectivity index (χ4v) is 4.16. The van der Waals surface area contributed by atoms with Crippen molar-refractivity contribution < 1.29 is 29.0 Å². The molecule has 1 saturated heterocycles. The van der Waals surface area contributed by atoms with Gasteiger partial charge >= 0.3 is 12.1 Å². The van der Waals surface area contributed by atoms with Gasteiger partial charge in [0.05, 0.1) is 5.41 Å². The summed E-state index contributed by atoms with van der Waals surface area (Å²) in [6.07, 6.45) is 0.891. The molecule has 0 spiro atoms. The monoisotopic (exact) mass is 489 g/mol. The largest absolute Gasteiger partial charge is 0.480 e. The van der Waals surface area contributed by atoms with Crippen LogP contribution >= 0.6 is 0 Å². The number of piperidine rings is 1. The molecule has 3 N–H and O–H groups in total.